The average molecular weight is 282 g/mol. The molecular formula is C16H26O4. The van der Waals surface area contributed by atoms with Crippen molar-refractivity contribution in [1.29, 1.82) is 0 Å². The number of carboxylic acids is 1. The molecule has 0 aromatic rings. The summed E-state index contributed by atoms with van der Waals surface area (Å²) >= 11 is 0. The Bertz CT molecular complexity index is 372. The van der Waals surface area contributed by atoms with Crippen molar-refractivity contribution in [2.75, 3.05) is 0 Å². The molecule has 0 aromatic carbocycles. The lowest BCUT2D eigenvalue weighted by Gasteiger charge is -2.34. The molecule has 1 aliphatic rings. The molecule has 0 saturated heterocycles. The fraction of sp³-hybridized carbons (Fsp3) is 0.750. The largest absolute Gasteiger partial charge is 0.481 e. The van der Waals surface area contributed by atoms with Gasteiger partial charge in [0, 0.05) is 0 Å². The summed E-state index contributed by atoms with van der Waals surface area (Å²) < 4.78 is 5.45. The van der Waals surface area contributed by atoms with Crippen LogP contribution in [0.15, 0.2) is 12.7 Å². The monoisotopic (exact) mass is 282 g/mol. The van der Waals surface area contributed by atoms with Crippen LogP contribution in [0.1, 0.15) is 59.3 Å². The van der Waals surface area contributed by atoms with Crippen LogP contribution < -0.4 is 0 Å². The number of carboxylic acid groups (broad SMARTS) is 1. The second-order valence-corrected chi connectivity index (χ2v) is 6.62. The second kappa shape index (κ2) is 6.42. The molecule has 0 amide bonds. The van der Waals surface area contributed by atoms with Crippen LogP contribution in [0.25, 0.3) is 0 Å². The molecule has 0 spiro atoms. The SMILES string of the molecule is C=CCCC(C(=O)OC(C)(C)C)C1(C(=O)O)CCCC1. The zero-order valence-corrected chi connectivity index (χ0v) is 12.8. The molecule has 0 aliphatic heterocycles. The average Bonchev–Trinajstić information content (AvgIpc) is 2.77. The minimum absolute atomic E-state index is 0.386. The van der Waals surface area contributed by atoms with Gasteiger partial charge in [-0.2, -0.15) is 0 Å². The summed E-state index contributed by atoms with van der Waals surface area (Å²) in [7, 11) is 0. The summed E-state index contributed by atoms with van der Waals surface area (Å²) in [6.07, 6.45) is 5.68. The van der Waals surface area contributed by atoms with Gasteiger partial charge in [-0.05, 0) is 46.5 Å². The van der Waals surface area contributed by atoms with Gasteiger partial charge in [0.15, 0.2) is 0 Å². The quantitative estimate of drug-likeness (QED) is 0.597. The third-order valence-electron chi connectivity index (χ3n) is 3.94. The Kier molecular flexibility index (Phi) is 5.37. The lowest BCUT2D eigenvalue weighted by atomic mass is 9.71. The van der Waals surface area contributed by atoms with Crippen LogP contribution in [0, 0.1) is 11.3 Å². The fourth-order valence-electron chi connectivity index (χ4n) is 2.99. The normalized spacial score (nSPS) is 19.4. The van der Waals surface area contributed by atoms with E-state index in [1.807, 2.05) is 0 Å². The number of allylic oxidation sites excluding steroid dienone is 1. The number of carbonyl (C=O) groups excluding carboxylic acids is 1. The number of aliphatic carboxylic acids is 1. The van der Waals surface area contributed by atoms with Crippen LogP contribution in [-0.2, 0) is 14.3 Å². The van der Waals surface area contributed by atoms with Gasteiger partial charge < -0.3 is 9.84 Å². The van der Waals surface area contributed by atoms with Crippen molar-refractivity contribution in [3.8, 4) is 0 Å². The first-order chi connectivity index (χ1) is 9.23. The van der Waals surface area contributed by atoms with Gasteiger partial charge in [-0.3, -0.25) is 9.59 Å². The van der Waals surface area contributed by atoms with E-state index in [0.717, 1.165) is 12.8 Å². The maximum atomic E-state index is 12.4. The summed E-state index contributed by atoms with van der Waals surface area (Å²) in [6, 6.07) is 0. The van der Waals surface area contributed by atoms with Gasteiger partial charge >= 0.3 is 11.9 Å². The number of carbonyl (C=O) groups is 2. The van der Waals surface area contributed by atoms with E-state index in [2.05, 4.69) is 6.58 Å². The molecule has 0 aromatic heterocycles. The number of esters is 1. The Morgan fingerprint density at radius 2 is 1.90 bits per heavy atom. The number of hydrogen-bond acceptors (Lipinski definition) is 3. The molecule has 1 saturated carbocycles. The summed E-state index contributed by atoms with van der Waals surface area (Å²) in [5.41, 5.74) is -1.55. The van der Waals surface area contributed by atoms with Crippen LogP contribution in [0.3, 0.4) is 0 Å². The van der Waals surface area contributed by atoms with Gasteiger partial charge in [0.25, 0.3) is 0 Å². The Labute approximate surface area is 121 Å². The number of hydrogen-bond donors (Lipinski definition) is 1. The minimum atomic E-state index is -0.953. The molecule has 1 N–H and O–H groups in total. The maximum Gasteiger partial charge on any atom is 0.310 e. The van der Waals surface area contributed by atoms with E-state index >= 15 is 0 Å². The second-order valence-electron chi connectivity index (χ2n) is 6.62. The highest BCUT2D eigenvalue weighted by molar-refractivity contribution is 5.84. The van der Waals surface area contributed by atoms with Crippen LogP contribution in [-0.4, -0.2) is 22.6 Å². The first-order valence-corrected chi connectivity index (χ1v) is 7.30. The van der Waals surface area contributed by atoms with E-state index < -0.39 is 22.9 Å². The lowest BCUT2D eigenvalue weighted by Crippen LogP contribution is -2.43. The smallest absolute Gasteiger partial charge is 0.310 e. The first-order valence-electron chi connectivity index (χ1n) is 7.30. The van der Waals surface area contributed by atoms with Crippen molar-refractivity contribution in [1.82, 2.24) is 0 Å². The Morgan fingerprint density at radius 1 is 1.35 bits per heavy atom. The molecule has 0 heterocycles. The predicted octanol–water partition coefficient (Wildman–Crippen LogP) is 3.56. The Hall–Kier alpha value is -1.32. The molecule has 0 radical (unpaired) electrons. The number of ether oxygens (including phenoxy) is 1. The molecular weight excluding hydrogens is 256 g/mol. The number of rotatable bonds is 6. The highest BCUT2D eigenvalue weighted by Crippen LogP contribution is 2.47. The molecule has 1 aliphatic carbocycles. The van der Waals surface area contributed by atoms with Gasteiger partial charge in [-0.25, -0.2) is 0 Å². The molecule has 20 heavy (non-hydrogen) atoms. The molecule has 1 fully saturated rings. The molecule has 1 rings (SSSR count). The highest BCUT2D eigenvalue weighted by Gasteiger charge is 2.51. The van der Waals surface area contributed by atoms with Crippen LogP contribution in [0.5, 0.6) is 0 Å². The van der Waals surface area contributed by atoms with E-state index in [1.165, 1.54) is 0 Å². The molecule has 1 unspecified atom stereocenters. The molecule has 1 atom stereocenters. The van der Waals surface area contributed by atoms with Crippen molar-refractivity contribution in [3.63, 3.8) is 0 Å². The van der Waals surface area contributed by atoms with Crippen LogP contribution in [0.2, 0.25) is 0 Å². The Balaban J connectivity index is 3.00. The van der Waals surface area contributed by atoms with E-state index in [9.17, 15) is 14.7 Å². The fourth-order valence-corrected chi connectivity index (χ4v) is 2.99. The van der Waals surface area contributed by atoms with Crippen molar-refractivity contribution in [2.45, 2.75) is 64.9 Å². The summed E-state index contributed by atoms with van der Waals surface area (Å²) in [5, 5.41) is 9.65. The summed E-state index contributed by atoms with van der Waals surface area (Å²) in [6.45, 7) is 9.07. The highest BCUT2D eigenvalue weighted by atomic mass is 16.6. The first kappa shape index (κ1) is 16.7. The van der Waals surface area contributed by atoms with Gasteiger partial charge in [-0.1, -0.05) is 18.9 Å². The Morgan fingerprint density at radius 3 is 2.30 bits per heavy atom. The van der Waals surface area contributed by atoms with Crippen LogP contribution >= 0.6 is 0 Å². The van der Waals surface area contributed by atoms with E-state index in [-0.39, 0.29) is 5.97 Å². The van der Waals surface area contributed by atoms with Gasteiger partial charge in [0.05, 0.1) is 11.3 Å². The minimum Gasteiger partial charge on any atom is -0.481 e. The maximum absolute atomic E-state index is 12.4. The van der Waals surface area contributed by atoms with E-state index in [1.54, 1.807) is 26.8 Å². The van der Waals surface area contributed by atoms with Crippen LogP contribution in [0.4, 0.5) is 0 Å². The predicted molar refractivity (Wildman–Crippen MR) is 77.3 cm³/mol. The van der Waals surface area contributed by atoms with Crippen molar-refractivity contribution in [2.24, 2.45) is 11.3 Å². The third kappa shape index (κ3) is 3.84. The van der Waals surface area contributed by atoms with Gasteiger partial charge in [0.1, 0.15) is 5.60 Å². The van der Waals surface area contributed by atoms with E-state index in [0.29, 0.717) is 25.7 Å². The van der Waals surface area contributed by atoms with Crippen molar-refractivity contribution < 1.29 is 19.4 Å². The lowest BCUT2D eigenvalue weighted by molar-refractivity contribution is -0.173. The van der Waals surface area contributed by atoms with Gasteiger partial charge in [-0.15, -0.1) is 6.58 Å². The van der Waals surface area contributed by atoms with Gasteiger partial charge in [0.2, 0.25) is 0 Å². The summed E-state index contributed by atoms with van der Waals surface area (Å²) in [4.78, 5) is 24.2. The van der Waals surface area contributed by atoms with Crippen molar-refractivity contribution >= 4 is 11.9 Å². The molecule has 114 valence electrons. The van der Waals surface area contributed by atoms with E-state index in [4.69, 9.17) is 4.74 Å². The standard InChI is InChI=1S/C16H26O4/c1-5-6-9-12(13(17)20-15(2,3)4)16(14(18)19)10-7-8-11-16/h5,12H,1,6-11H2,2-4H3,(H,18,19). The van der Waals surface area contributed by atoms with Crippen molar-refractivity contribution in [3.05, 3.63) is 12.7 Å². The molecule has 4 nitrogen and oxygen atoms in total. The zero-order chi connectivity index (χ0) is 15.4. The molecule has 0 bridgehead atoms. The molecule has 4 heteroatoms. The summed E-state index contributed by atoms with van der Waals surface area (Å²) in [5.74, 6) is -1.83. The third-order valence-corrected chi connectivity index (χ3v) is 3.94. The zero-order valence-electron chi connectivity index (χ0n) is 12.8. The topological polar surface area (TPSA) is 63.6 Å².